The molecule has 0 aliphatic heterocycles. The van der Waals surface area contributed by atoms with E-state index in [1.807, 2.05) is 19.0 Å². The number of thiocarbonyl (C=S) groups is 1. The fraction of sp³-hybridized carbons (Fsp3) is 0.980. The Morgan fingerprint density at radius 1 is 0.473 bits per heavy atom. The Balaban J connectivity index is 4.35. The number of hydrogen-bond donors (Lipinski definition) is 1. The predicted octanol–water partition coefficient (Wildman–Crippen LogP) is 14.8. The molecule has 0 spiro atoms. The summed E-state index contributed by atoms with van der Waals surface area (Å²) in [6.45, 7) is 17.1. The van der Waals surface area contributed by atoms with Gasteiger partial charge in [0.15, 0.2) is 5.11 Å². The number of nitrogens with one attached hydrogen (secondary N) is 1. The highest BCUT2D eigenvalue weighted by atomic mass is 32.1. The minimum Gasteiger partial charge on any atom is -0.379 e. The van der Waals surface area contributed by atoms with Crippen LogP contribution < -0.4 is 5.32 Å². The summed E-state index contributed by atoms with van der Waals surface area (Å²) >= 11 is 5.45. The number of ether oxygens (including phenoxy) is 2. The van der Waals surface area contributed by atoms with E-state index >= 15 is 0 Å². The molecule has 0 radical (unpaired) electrons. The van der Waals surface area contributed by atoms with Crippen molar-refractivity contribution in [3.8, 4) is 0 Å². The lowest BCUT2D eigenvalue weighted by Gasteiger charge is -2.23. The zero-order valence-electron chi connectivity index (χ0n) is 38.7. The first kappa shape index (κ1) is 54.6. The third kappa shape index (κ3) is 40.1. The Morgan fingerprint density at radius 2 is 0.855 bits per heavy atom. The van der Waals surface area contributed by atoms with Crippen LogP contribution in [0.3, 0.4) is 0 Å². The fourth-order valence-corrected chi connectivity index (χ4v) is 7.92. The highest BCUT2D eigenvalue weighted by Gasteiger charge is 2.14. The smallest absolute Gasteiger partial charge is 0.168 e. The standard InChI is InChI=1S/C49H101N3O2S/c1-8-11-14-17-24-31-39-48(40-32-25-18-15-12-9-2)54-47(5)38-30-23-21-27-34-43-52(44-36-41-50-49(55)51(6)7)42-33-26-20-22-29-37-46(4)53-45-35-28-19-16-13-10-3/h46-48H,8-45H2,1-7H3,(H,50,55). The maximum Gasteiger partial charge on any atom is 0.168 e. The van der Waals surface area contributed by atoms with E-state index in [1.54, 1.807) is 0 Å². The number of unbranched alkanes of at least 4 members (excludes halogenated alkanes) is 23. The monoisotopic (exact) mass is 796 g/mol. The van der Waals surface area contributed by atoms with Gasteiger partial charge in [0.2, 0.25) is 0 Å². The molecule has 0 aliphatic carbocycles. The van der Waals surface area contributed by atoms with Crippen LogP contribution in [0.5, 0.6) is 0 Å². The van der Waals surface area contributed by atoms with Crippen LogP contribution in [0.1, 0.15) is 247 Å². The minimum absolute atomic E-state index is 0.404. The summed E-state index contributed by atoms with van der Waals surface area (Å²) in [5.41, 5.74) is 0. The topological polar surface area (TPSA) is 37.0 Å². The van der Waals surface area contributed by atoms with Gasteiger partial charge in [-0.1, -0.05) is 181 Å². The normalized spacial score (nSPS) is 12.9. The second-order valence-corrected chi connectivity index (χ2v) is 18.0. The lowest BCUT2D eigenvalue weighted by molar-refractivity contribution is -0.0180. The third-order valence-electron chi connectivity index (χ3n) is 11.6. The molecule has 0 amide bonds. The van der Waals surface area contributed by atoms with Gasteiger partial charge in [0, 0.05) is 27.2 Å². The van der Waals surface area contributed by atoms with Crippen molar-refractivity contribution < 1.29 is 9.47 Å². The highest BCUT2D eigenvalue weighted by molar-refractivity contribution is 7.80. The molecular formula is C49H101N3O2S. The van der Waals surface area contributed by atoms with Crippen molar-refractivity contribution >= 4 is 17.3 Å². The second-order valence-electron chi connectivity index (χ2n) is 17.6. The molecule has 0 aliphatic rings. The molecule has 1 N–H and O–H groups in total. The van der Waals surface area contributed by atoms with E-state index in [4.69, 9.17) is 21.7 Å². The van der Waals surface area contributed by atoms with Crippen molar-refractivity contribution in [2.75, 3.05) is 46.9 Å². The average molecular weight is 796 g/mol. The summed E-state index contributed by atoms with van der Waals surface area (Å²) in [5.74, 6) is 0. The van der Waals surface area contributed by atoms with Gasteiger partial charge in [-0.25, -0.2) is 0 Å². The van der Waals surface area contributed by atoms with Crippen LogP contribution in [0.4, 0.5) is 0 Å². The Labute approximate surface area is 352 Å². The maximum atomic E-state index is 6.72. The fourth-order valence-electron chi connectivity index (χ4n) is 7.82. The van der Waals surface area contributed by atoms with Gasteiger partial charge in [0.25, 0.3) is 0 Å². The molecule has 0 aromatic rings. The van der Waals surface area contributed by atoms with Gasteiger partial charge < -0.3 is 24.6 Å². The van der Waals surface area contributed by atoms with Crippen molar-refractivity contribution in [3.63, 3.8) is 0 Å². The van der Waals surface area contributed by atoms with Gasteiger partial charge >= 0.3 is 0 Å². The van der Waals surface area contributed by atoms with E-state index in [9.17, 15) is 0 Å². The SMILES string of the molecule is CCCCCCCCOC(C)CCCCCCCN(CCCCCCCC(C)OC(CCCCCCCC)CCCCCCCC)CCCNC(=S)N(C)C. The molecule has 0 rings (SSSR count). The van der Waals surface area contributed by atoms with Crippen molar-refractivity contribution in [2.45, 2.75) is 265 Å². The Morgan fingerprint density at radius 3 is 1.33 bits per heavy atom. The lowest BCUT2D eigenvalue weighted by atomic mass is 10.0. The van der Waals surface area contributed by atoms with E-state index in [2.05, 4.69) is 44.8 Å². The Bertz CT molecular complexity index is 752. The molecule has 55 heavy (non-hydrogen) atoms. The number of rotatable bonds is 44. The third-order valence-corrected chi connectivity index (χ3v) is 12.1. The molecule has 0 bridgehead atoms. The van der Waals surface area contributed by atoms with Crippen LogP contribution >= 0.6 is 12.2 Å². The number of nitrogens with zero attached hydrogens (tertiary/aromatic N) is 2. The van der Waals surface area contributed by atoms with Crippen LogP contribution in [0.25, 0.3) is 0 Å². The van der Waals surface area contributed by atoms with Gasteiger partial charge in [-0.3, -0.25) is 0 Å². The average Bonchev–Trinajstić information content (AvgIpc) is 3.17. The summed E-state index contributed by atoms with van der Waals surface area (Å²) in [5, 5.41) is 4.27. The van der Waals surface area contributed by atoms with Crippen molar-refractivity contribution in [2.24, 2.45) is 0 Å². The van der Waals surface area contributed by atoms with Crippen LogP contribution in [0.2, 0.25) is 0 Å². The Hall–Kier alpha value is -0.430. The van der Waals surface area contributed by atoms with E-state index in [0.29, 0.717) is 18.3 Å². The summed E-state index contributed by atoms with van der Waals surface area (Å²) < 4.78 is 12.8. The first-order valence-corrected chi connectivity index (χ1v) is 25.2. The van der Waals surface area contributed by atoms with Gasteiger partial charge in [-0.2, -0.15) is 0 Å². The summed E-state index contributed by atoms with van der Waals surface area (Å²) in [6, 6.07) is 0. The first-order chi connectivity index (χ1) is 26.8. The van der Waals surface area contributed by atoms with Gasteiger partial charge in [0.1, 0.15) is 0 Å². The Kier molecular flexibility index (Phi) is 42.8. The highest BCUT2D eigenvalue weighted by Crippen LogP contribution is 2.20. The number of hydrogen-bond acceptors (Lipinski definition) is 4. The lowest BCUT2D eigenvalue weighted by Crippen LogP contribution is -2.36. The van der Waals surface area contributed by atoms with Crippen molar-refractivity contribution in [1.29, 1.82) is 0 Å². The quantitative estimate of drug-likeness (QED) is 0.0489. The largest absolute Gasteiger partial charge is 0.379 e. The van der Waals surface area contributed by atoms with Crippen LogP contribution in [-0.2, 0) is 9.47 Å². The van der Waals surface area contributed by atoms with Gasteiger partial charge in [0.05, 0.1) is 18.3 Å². The zero-order valence-corrected chi connectivity index (χ0v) is 39.5. The summed E-state index contributed by atoms with van der Waals surface area (Å²) in [7, 11) is 4.04. The van der Waals surface area contributed by atoms with E-state index in [0.717, 1.165) is 24.7 Å². The van der Waals surface area contributed by atoms with Crippen LogP contribution in [-0.4, -0.2) is 80.1 Å². The molecule has 0 aromatic carbocycles. The summed E-state index contributed by atoms with van der Waals surface area (Å²) in [6.07, 6.45) is 45.4. The van der Waals surface area contributed by atoms with E-state index in [-0.39, 0.29) is 0 Å². The molecule has 2 atom stereocenters. The molecule has 0 saturated heterocycles. The van der Waals surface area contributed by atoms with Crippen LogP contribution in [0.15, 0.2) is 0 Å². The molecule has 0 aromatic heterocycles. The molecule has 330 valence electrons. The van der Waals surface area contributed by atoms with Crippen molar-refractivity contribution in [1.82, 2.24) is 15.1 Å². The predicted molar refractivity (Wildman–Crippen MR) is 250 cm³/mol. The molecule has 5 nitrogen and oxygen atoms in total. The maximum absolute atomic E-state index is 6.72. The van der Waals surface area contributed by atoms with Gasteiger partial charge in [-0.05, 0) is 97.1 Å². The van der Waals surface area contributed by atoms with E-state index < -0.39 is 0 Å². The van der Waals surface area contributed by atoms with E-state index in [1.165, 1.54) is 225 Å². The molecule has 0 saturated carbocycles. The first-order valence-electron chi connectivity index (χ1n) is 24.8. The van der Waals surface area contributed by atoms with Gasteiger partial charge in [-0.15, -0.1) is 0 Å². The molecule has 0 fully saturated rings. The molecule has 6 heteroatoms. The molecule has 2 unspecified atom stereocenters. The zero-order chi connectivity index (χ0) is 40.5. The van der Waals surface area contributed by atoms with Crippen molar-refractivity contribution in [3.05, 3.63) is 0 Å². The molecular weight excluding hydrogens is 695 g/mol. The summed E-state index contributed by atoms with van der Waals surface area (Å²) in [4.78, 5) is 4.73. The molecule has 0 heterocycles. The van der Waals surface area contributed by atoms with Crippen LogP contribution in [0, 0.1) is 0 Å². The minimum atomic E-state index is 0.404. The second kappa shape index (κ2) is 43.2.